The van der Waals surface area contributed by atoms with Gasteiger partial charge >= 0.3 is 0 Å². The van der Waals surface area contributed by atoms with Gasteiger partial charge in [-0.3, -0.25) is 0 Å². The molecule has 1 aliphatic rings. The molecule has 0 heterocycles. The van der Waals surface area contributed by atoms with E-state index in [1.165, 1.54) is 0 Å². The van der Waals surface area contributed by atoms with Crippen molar-refractivity contribution in [1.29, 1.82) is 0 Å². The van der Waals surface area contributed by atoms with Crippen LogP contribution in [0.15, 0.2) is 6.07 Å². The van der Waals surface area contributed by atoms with E-state index in [2.05, 4.69) is 5.32 Å². The normalized spacial score (nSPS) is 16.7. The molecule has 0 atom stereocenters. The minimum atomic E-state index is -1.49. The molecule has 0 unspecified atom stereocenters. The molecular formula is C12H13F4NO. The van der Waals surface area contributed by atoms with Crippen LogP contribution in [0, 0.1) is 23.3 Å². The largest absolute Gasteiger partial charge is 0.480 e. The number of nitrogens with one attached hydrogen (secondary N) is 1. The predicted octanol–water partition coefficient (Wildman–Crippen LogP) is 2.76. The molecule has 0 saturated heterocycles. The molecule has 0 aliphatic heterocycles. The summed E-state index contributed by atoms with van der Waals surface area (Å²) in [5.41, 5.74) is -0.752. The molecule has 1 aliphatic carbocycles. The lowest BCUT2D eigenvalue weighted by atomic mass is 10.2. The monoisotopic (exact) mass is 263 g/mol. The van der Waals surface area contributed by atoms with Crippen LogP contribution < -0.4 is 10.1 Å². The summed E-state index contributed by atoms with van der Waals surface area (Å²) in [7, 11) is 0. The molecule has 0 radical (unpaired) electrons. The van der Waals surface area contributed by atoms with Crippen LogP contribution in [0.4, 0.5) is 17.6 Å². The van der Waals surface area contributed by atoms with Gasteiger partial charge in [0.1, 0.15) is 5.60 Å². The fourth-order valence-corrected chi connectivity index (χ4v) is 1.66. The molecule has 1 N–H and O–H groups in total. The zero-order chi connectivity index (χ0) is 13.3. The SMILES string of the molecule is CCNCC1(Oc2c(F)c(F)cc(F)c2F)CC1. The van der Waals surface area contributed by atoms with Gasteiger partial charge in [0.15, 0.2) is 17.4 Å². The highest BCUT2D eigenvalue weighted by Gasteiger charge is 2.46. The summed E-state index contributed by atoms with van der Waals surface area (Å²) >= 11 is 0. The standard InChI is InChI=1S/C12H13F4NO/c1-2-17-6-12(3-4-12)18-11-9(15)7(13)5-8(14)10(11)16/h5,17H,2-4,6H2,1H3. The van der Waals surface area contributed by atoms with Crippen molar-refractivity contribution >= 4 is 0 Å². The molecule has 2 nitrogen and oxygen atoms in total. The van der Waals surface area contributed by atoms with Crippen LogP contribution in [-0.2, 0) is 0 Å². The second-order valence-electron chi connectivity index (χ2n) is 4.36. The summed E-state index contributed by atoms with van der Waals surface area (Å²) in [4.78, 5) is 0. The second-order valence-corrected chi connectivity index (χ2v) is 4.36. The van der Waals surface area contributed by atoms with Crippen LogP contribution in [0.3, 0.4) is 0 Å². The van der Waals surface area contributed by atoms with Crippen molar-refractivity contribution in [2.75, 3.05) is 13.1 Å². The average Bonchev–Trinajstić information content (AvgIpc) is 3.10. The molecule has 0 aromatic heterocycles. The van der Waals surface area contributed by atoms with E-state index in [0.29, 0.717) is 25.9 Å². The zero-order valence-electron chi connectivity index (χ0n) is 9.83. The third-order valence-corrected chi connectivity index (χ3v) is 2.89. The van der Waals surface area contributed by atoms with E-state index < -0.39 is 34.6 Å². The first-order valence-electron chi connectivity index (χ1n) is 5.72. The van der Waals surface area contributed by atoms with Crippen LogP contribution in [-0.4, -0.2) is 18.7 Å². The van der Waals surface area contributed by atoms with E-state index >= 15 is 0 Å². The Labute approximate surface area is 102 Å². The molecule has 0 spiro atoms. The lowest BCUT2D eigenvalue weighted by molar-refractivity contribution is 0.156. The van der Waals surface area contributed by atoms with Crippen LogP contribution in [0.25, 0.3) is 0 Å². The van der Waals surface area contributed by atoms with Crippen molar-refractivity contribution in [2.24, 2.45) is 0 Å². The lowest BCUT2D eigenvalue weighted by Crippen LogP contribution is -2.33. The Morgan fingerprint density at radius 1 is 1.17 bits per heavy atom. The summed E-state index contributed by atoms with van der Waals surface area (Å²) in [5, 5.41) is 2.98. The zero-order valence-corrected chi connectivity index (χ0v) is 9.83. The summed E-state index contributed by atoms with van der Waals surface area (Å²) in [6.45, 7) is 2.94. The third kappa shape index (κ3) is 2.43. The number of benzene rings is 1. The van der Waals surface area contributed by atoms with Crippen molar-refractivity contribution < 1.29 is 22.3 Å². The number of hydrogen-bond donors (Lipinski definition) is 1. The van der Waals surface area contributed by atoms with Gasteiger partial charge in [0.25, 0.3) is 0 Å². The molecule has 0 amide bonds. The Bertz CT molecular complexity index is 434. The summed E-state index contributed by atoms with van der Waals surface area (Å²) < 4.78 is 57.9. The molecule has 1 fully saturated rings. The van der Waals surface area contributed by atoms with E-state index in [9.17, 15) is 17.6 Å². The van der Waals surface area contributed by atoms with E-state index in [1.807, 2.05) is 6.92 Å². The van der Waals surface area contributed by atoms with Crippen LogP contribution >= 0.6 is 0 Å². The van der Waals surface area contributed by atoms with Crippen molar-refractivity contribution in [2.45, 2.75) is 25.4 Å². The van der Waals surface area contributed by atoms with Gasteiger partial charge < -0.3 is 10.1 Å². The molecule has 18 heavy (non-hydrogen) atoms. The molecule has 0 bridgehead atoms. The highest BCUT2D eigenvalue weighted by atomic mass is 19.2. The van der Waals surface area contributed by atoms with Crippen LogP contribution in [0.5, 0.6) is 5.75 Å². The topological polar surface area (TPSA) is 21.3 Å². The number of rotatable bonds is 5. The van der Waals surface area contributed by atoms with Crippen molar-refractivity contribution in [3.63, 3.8) is 0 Å². The maximum absolute atomic E-state index is 13.4. The average molecular weight is 263 g/mol. The highest BCUT2D eigenvalue weighted by Crippen LogP contribution is 2.41. The van der Waals surface area contributed by atoms with Crippen molar-refractivity contribution in [3.8, 4) is 5.75 Å². The third-order valence-electron chi connectivity index (χ3n) is 2.89. The minimum absolute atomic E-state index is 0.168. The number of ether oxygens (including phenoxy) is 1. The van der Waals surface area contributed by atoms with Crippen LogP contribution in [0.2, 0.25) is 0 Å². The molecule has 6 heteroatoms. The smallest absolute Gasteiger partial charge is 0.203 e. The molecular weight excluding hydrogens is 250 g/mol. The lowest BCUT2D eigenvalue weighted by Gasteiger charge is -2.19. The van der Waals surface area contributed by atoms with Gasteiger partial charge in [-0.1, -0.05) is 6.92 Å². The fourth-order valence-electron chi connectivity index (χ4n) is 1.66. The molecule has 100 valence electrons. The Balaban J connectivity index is 2.24. The molecule has 1 aromatic rings. The Kier molecular flexibility index (Phi) is 3.47. The van der Waals surface area contributed by atoms with Crippen molar-refractivity contribution in [3.05, 3.63) is 29.3 Å². The van der Waals surface area contributed by atoms with Gasteiger partial charge in [0.05, 0.1) is 0 Å². The van der Waals surface area contributed by atoms with Gasteiger partial charge in [-0.2, -0.15) is 8.78 Å². The van der Waals surface area contributed by atoms with E-state index in [0.717, 1.165) is 0 Å². The summed E-state index contributed by atoms with van der Waals surface area (Å²) in [5.74, 6) is -6.86. The quantitative estimate of drug-likeness (QED) is 0.651. The Morgan fingerprint density at radius 2 is 1.72 bits per heavy atom. The number of halogens is 4. The molecule has 1 saturated carbocycles. The summed E-state index contributed by atoms with van der Waals surface area (Å²) in [6, 6.07) is 0.168. The van der Waals surface area contributed by atoms with Crippen molar-refractivity contribution in [1.82, 2.24) is 5.32 Å². The van der Waals surface area contributed by atoms with E-state index in [-0.39, 0.29) is 6.07 Å². The minimum Gasteiger partial charge on any atom is -0.480 e. The van der Waals surface area contributed by atoms with E-state index in [4.69, 9.17) is 4.74 Å². The maximum atomic E-state index is 13.4. The van der Waals surface area contributed by atoms with Gasteiger partial charge in [0, 0.05) is 12.6 Å². The van der Waals surface area contributed by atoms with Gasteiger partial charge in [0.2, 0.25) is 11.6 Å². The highest BCUT2D eigenvalue weighted by molar-refractivity contribution is 5.30. The molecule has 2 rings (SSSR count). The number of likely N-dealkylation sites (N-methyl/N-ethyl adjacent to an activating group) is 1. The molecule has 1 aromatic carbocycles. The first-order valence-corrected chi connectivity index (χ1v) is 5.72. The number of hydrogen-bond acceptors (Lipinski definition) is 2. The van der Waals surface area contributed by atoms with Gasteiger partial charge in [-0.25, -0.2) is 8.78 Å². The fraction of sp³-hybridized carbons (Fsp3) is 0.500. The first kappa shape index (κ1) is 13.1. The predicted molar refractivity (Wildman–Crippen MR) is 57.4 cm³/mol. The maximum Gasteiger partial charge on any atom is 0.203 e. The Hall–Kier alpha value is -1.30. The Morgan fingerprint density at radius 3 is 2.17 bits per heavy atom. The first-order chi connectivity index (χ1) is 8.49. The van der Waals surface area contributed by atoms with Crippen LogP contribution in [0.1, 0.15) is 19.8 Å². The second kappa shape index (κ2) is 4.76. The summed E-state index contributed by atoms with van der Waals surface area (Å²) in [6.07, 6.45) is 1.19. The van der Waals surface area contributed by atoms with Gasteiger partial charge in [-0.15, -0.1) is 0 Å². The van der Waals surface area contributed by atoms with Gasteiger partial charge in [-0.05, 0) is 19.4 Å². The van der Waals surface area contributed by atoms with E-state index in [1.54, 1.807) is 0 Å².